The molecule has 0 aliphatic carbocycles. The third kappa shape index (κ3) is 10.1. The van der Waals surface area contributed by atoms with Crippen LogP contribution in [0.1, 0.15) is 83.5 Å². The van der Waals surface area contributed by atoms with Crippen LogP contribution in [0, 0.1) is 19.8 Å². The van der Waals surface area contributed by atoms with Gasteiger partial charge < -0.3 is 4.74 Å². The van der Waals surface area contributed by atoms with Gasteiger partial charge in [-0.2, -0.15) is 0 Å². The Morgan fingerprint density at radius 1 is 0.914 bits per heavy atom. The second-order valence-corrected chi connectivity index (χ2v) is 9.35. The number of benzene rings is 2. The van der Waals surface area contributed by atoms with E-state index in [4.69, 9.17) is 4.74 Å². The minimum atomic E-state index is -0.0435. The molecule has 194 valence electrons. The third-order valence-corrected chi connectivity index (χ3v) is 6.76. The fourth-order valence-electron chi connectivity index (χ4n) is 3.85. The van der Waals surface area contributed by atoms with Gasteiger partial charge in [0.15, 0.2) is 0 Å². The molecule has 0 saturated carbocycles. The van der Waals surface area contributed by atoms with Crippen LogP contribution >= 0.6 is 15.9 Å². The highest BCUT2D eigenvalue weighted by molar-refractivity contribution is 9.10. The fourth-order valence-corrected chi connectivity index (χ4v) is 4.40. The van der Waals surface area contributed by atoms with Gasteiger partial charge in [-0.25, -0.2) is 4.68 Å². The highest BCUT2D eigenvalue weighted by Gasteiger charge is 2.10. The second kappa shape index (κ2) is 17.2. The molecule has 0 spiro atoms. The van der Waals surface area contributed by atoms with Crippen molar-refractivity contribution in [3.8, 4) is 11.4 Å². The standard InChI is InChI=1S/C17H28O.C11H11BrN2O.C2H6/c1-5-7-16(8-6-2)11-12-18-17-10-9-14(3)15(4)13-17;1-2-9-10(12)11(15)14(13-9)8-6-4-3-5-7-8;1-2/h9-10,13,16H,5-8,11-12H2,1-4H3;3-7,13H,2H2,1H3;1-2H3. The first-order valence-electron chi connectivity index (χ1n) is 13.2. The summed E-state index contributed by atoms with van der Waals surface area (Å²) in [7, 11) is 0. The number of aryl methyl sites for hydroxylation is 3. The van der Waals surface area contributed by atoms with Crippen molar-refractivity contribution < 1.29 is 4.74 Å². The number of para-hydroxylation sites is 1. The summed E-state index contributed by atoms with van der Waals surface area (Å²) in [5, 5.41) is 3.07. The summed E-state index contributed by atoms with van der Waals surface area (Å²) >= 11 is 3.29. The molecule has 0 radical (unpaired) electrons. The number of hydrogen-bond donors (Lipinski definition) is 1. The largest absolute Gasteiger partial charge is 0.494 e. The zero-order valence-corrected chi connectivity index (χ0v) is 24.4. The van der Waals surface area contributed by atoms with Crippen molar-refractivity contribution in [1.29, 1.82) is 0 Å². The van der Waals surface area contributed by atoms with Crippen LogP contribution in [0.3, 0.4) is 0 Å². The van der Waals surface area contributed by atoms with E-state index < -0.39 is 0 Å². The van der Waals surface area contributed by atoms with E-state index in [1.165, 1.54) is 43.2 Å². The summed E-state index contributed by atoms with van der Waals surface area (Å²) in [6.45, 7) is 15.7. The molecule has 35 heavy (non-hydrogen) atoms. The Balaban J connectivity index is 0.000000331. The van der Waals surface area contributed by atoms with E-state index in [-0.39, 0.29) is 5.56 Å². The van der Waals surface area contributed by atoms with Crippen LogP contribution in [0.4, 0.5) is 0 Å². The van der Waals surface area contributed by atoms with E-state index in [2.05, 4.69) is 66.9 Å². The van der Waals surface area contributed by atoms with Crippen molar-refractivity contribution in [2.45, 2.75) is 87.0 Å². The monoisotopic (exact) mass is 544 g/mol. The lowest BCUT2D eigenvalue weighted by Crippen LogP contribution is -2.14. The molecular weight excluding hydrogens is 500 g/mol. The van der Waals surface area contributed by atoms with E-state index in [0.717, 1.165) is 36.1 Å². The molecule has 0 aliphatic heterocycles. The van der Waals surface area contributed by atoms with E-state index in [9.17, 15) is 4.79 Å². The van der Waals surface area contributed by atoms with Crippen molar-refractivity contribution in [1.82, 2.24) is 9.78 Å². The van der Waals surface area contributed by atoms with Gasteiger partial charge in [-0.3, -0.25) is 9.89 Å². The summed E-state index contributed by atoms with van der Waals surface area (Å²) < 4.78 is 8.03. The average molecular weight is 546 g/mol. The molecule has 2 aromatic carbocycles. The molecule has 0 saturated heterocycles. The van der Waals surface area contributed by atoms with Gasteiger partial charge in [0.05, 0.1) is 18.0 Å². The van der Waals surface area contributed by atoms with Gasteiger partial charge in [0.25, 0.3) is 5.56 Å². The number of hydrogen-bond acceptors (Lipinski definition) is 2. The number of nitrogens with zero attached hydrogens (tertiary/aromatic N) is 1. The Hall–Kier alpha value is -2.27. The predicted molar refractivity (Wildman–Crippen MR) is 154 cm³/mol. The molecule has 1 heterocycles. The summed E-state index contributed by atoms with van der Waals surface area (Å²) in [6.07, 6.45) is 7.24. The average Bonchev–Trinajstić information content (AvgIpc) is 3.17. The summed E-state index contributed by atoms with van der Waals surface area (Å²) in [6, 6.07) is 15.9. The van der Waals surface area contributed by atoms with E-state index in [1.807, 2.05) is 51.1 Å². The van der Waals surface area contributed by atoms with Crippen LogP contribution in [-0.4, -0.2) is 16.4 Å². The van der Waals surface area contributed by atoms with E-state index in [1.54, 1.807) is 4.68 Å². The van der Waals surface area contributed by atoms with Crippen LogP contribution in [0.25, 0.3) is 5.69 Å². The molecule has 5 heteroatoms. The number of nitrogens with one attached hydrogen (secondary N) is 1. The van der Waals surface area contributed by atoms with Gasteiger partial charge in [0.2, 0.25) is 0 Å². The molecule has 1 N–H and O–H groups in total. The normalized spacial score (nSPS) is 10.3. The predicted octanol–water partition coefficient (Wildman–Crippen LogP) is 8.81. The minimum Gasteiger partial charge on any atom is -0.494 e. The number of halogens is 1. The quantitative estimate of drug-likeness (QED) is 0.277. The highest BCUT2D eigenvalue weighted by atomic mass is 79.9. The Morgan fingerprint density at radius 2 is 1.54 bits per heavy atom. The number of aromatic nitrogens is 2. The number of ether oxygens (including phenoxy) is 1. The molecule has 1 aromatic heterocycles. The Bertz CT molecular complexity index is 1020. The molecule has 0 unspecified atom stereocenters. The first-order valence-corrected chi connectivity index (χ1v) is 13.9. The molecular formula is C30H45BrN2O2. The summed E-state index contributed by atoms with van der Waals surface area (Å²) in [4.78, 5) is 11.8. The van der Waals surface area contributed by atoms with Crippen molar-refractivity contribution in [2.75, 3.05) is 6.61 Å². The van der Waals surface area contributed by atoms with Gasteiger partial charge in [-0.15, -0.1) is 0 Å². The SMILES string of the molecule is CC.CCCC(CCC)CCOc1ccc(C)c(C)c1.CCc1[nH]n(-c2ccccc2)c(=O)c1Br. The van der Waals surface area contributed by atoms with Gasteiger partial charge in [0, 0.05) is 0 Å². The second-order valence-electron chi connectivity index (χ2n) is 8.56. The van der Waals surface area contributed by atoms with Crippen LogP contribution in [0.5, 0.6) is 5.75 Å². The van der Waals surface area contributed by atoms with Gasteiger partial charge in [0.1, 0.15) is 10.2 Å². The van der Waals surface area contributed by atoms with Crippen molar-refractivity contribution in [3.63, 3.8) is 0 Å². The third-order valence-electron chi connectivity index (χ3n) is 5.94. The van der Waals surface area contributed by atoms with Crippen molar-refractivity contribution in [3.05, 3.63) is 80.2 Å². The lowest BCUT2D eigenvalue weighted by atomic mass is 9.95. The maximum Gasteiger partial charge on any atom is 0.285 e. The molecule has 0 amide bonds. The molecule has 3 rings (SSSR count). The van der Waals surface area contributed by atoms with Crippen LogP contribution < -0.4 is 10.3 Å². The van der Waals surface area contributed by atoms with Crippen LogP contribution in [0.2, 0.25) is 0 Å². The first-order chi connectivity index (χ1) is 16.9. The minimum absolute atomic E-state index is 0.0435. The van der Waals surface area contributed by atoms with Crippen LogP contribution in [0.15, 0.2) is 57.8 Å². The Kier molecular flexibility index (Phi) is 15.1. The van der Waals surface area contributed by atoms with Gasteiger partial charge in [-0.05, 0) is 83.9 Å². The molecule has 4 nitrogen and oxygen atoms in total. The summed E-state index contributed by atoms with van der Waals surface area (Å²) in [5.41, 5.74) is 4.37. The fraction of sp³-hybridized carbons (Fsp3) is 0.500. The smallest absolute Gasteiger partial charge is 0.285 e. The molecule has 0 bridgehead atoms. The maximum absolute atomic E-state index is 11.8. The van der Waals surface area contributed by atoms with Crippen LogP contribution in [-0.2, 0) is 6.42 Å². The highest BCUT2D eigenvalue weighted by Crippen LogP contribution is 2.20. The molecule has 0 fully saturated rings. The first kappa shape index (κ1) is 30.8. The Morgan fingerprint density at radius 3 is 2.06 bits per heavy atom. The lowest BCUT2D eigenvalue weighted by Gasteiger charge is -2.15. The number of aromatic amines is 1. The zero-order valence-electron chi connectivity index (χ0n) is 22.8. The van der Waals surface area contributed by atoms with E-state index in [0.29, 0.717) is 4.47 Å². The van der Waals surface area contributed by atoms with Crippen molar-refractivity contribution in [2.24, 2.45) is 5.92 Å². The van der Waals surface area contributed by atoms with Gasteiger partial charge in [-0.1, -0.05) is 84.6 Å². The maximum atomic E-state index is 11.8. The number of H-pyrrole nitrogens is 1. The van der Waals surface area contributed by atoms with Gasteiger partial charge >= 0.3 is 0 Å². The Labute approximate surface area is 221 Å². The zero-order chi connectivity index (χ0) is 26.2. The molecule has 0 aliphatic rings. The topological polar surface area (TPSA) is 47.0 Å². The molecule has 0 atom stereocenters. The molecule has 3 aromatic rings. The number of rotatable bonds is 10. The summed E-state index contributed by atoms with van der Waals surface area (Å²) in [5.74, 6) is 1.86. The van der Waals surface area contributed by atoms with Crippen molar-refractivity contribution >= 4 is 15.9 Å². The van der Waals surface area contributed by atoms with E-state index >= 15 is 0 Å². The lowest BCUT2D eigenvalue weighted by molar-refractivity contribution is 0.264.